The summed E-state index contributed by atoms with van der Waals surface area (Å²) in [7, 11) is -2.56. The highest BCUT2D eigenvalue weighted by Crippen LogP contribution is 2.29. The van der Waals surface area contributed by atoms with E-state index in [1.165, 1.54) is 19.2 Å². The maximum Gasteiger partial charge on any atom is 0.265 e. The van der Waals surface area contributed by atoms with E-state index in [0.717, 1.165) is 15.6 Å². The number of carbonyl (C=O) groups is 1. The van der Waals surface area contributed by atoms with Crippen molar-refractivity contribution in [2.75, 3.05) is 17.1 Å². The topological polar surface area (TPSA) is 84.5 Å². The number of anilines is 2. The van der Waals surface area contributed by atoms with Crippen molar-refractivity contribution in [2.45, 2.75) is 18.7 Å². The number of halogens is 1. The third-order valence-corrected chi connectivity index (χ3v) is 6.51. The Labute approximate surface area is 184 Å². The number of nitrogens with one attached hydrogen (secondary N) is 2. The molecule has 0 atom stereocenters. The van der Waals surface area contributed by atoms with Gasteiger partial charge in [-0.05, 0) is 79.6 Å². The molecule has 0 saturated carbocycles. The number of hydrogen-bond acceptors (Lipinski definition) is 4. The Hall–Kier alpha value is -2.84. The third-order valence-electron chi connectivity index (χ3n) is 4.58. The summed E-state index contributed by atoms with van der Waals surface area (Å²) in [6.45, 7) is 3.90. The molecule has 6 nitrogen and oxygen atoms in total. The normalized spacial score (nSPS) is 11.1. The zero-order valence-electron chi connectivity index (χ0n) is 16.7. The van der Waals surface area contributed by atoms with Gasteiger partial charge < -0.3 is 10.1 Å². The molecule has 3 rings (SSSR count). The third kappa shape index (κ3) is 5.01. The van der Waals surface area contributed by atoms with Crippen LogP contribution in [0.5, 0.6) is 5.75 Å². The van der Waals surface area contributed by atoms with Crippen molar-refractivity contribution in [3.63, 3.8) is 0 Å². The molecule has 0 fully saturated rings. The van der Waals surface area contributed by atoms with Crippen LogP contribution in [0.15, 0.2) is 70.0 Å². The van der Waals surface area contributed by atoms with Crippen LogP contribution in [0, 0.1) is 13.8 Å². The zero-order valence-corrected chi connectivity index (χ0v) is 19.1. The largest absolute Gasteiger partial charge is 0.495 e. The molecule has 30 heavy (non-hydrogen) atoms. The van der Waals surface area contributed by atoms with E-state index in [2.05, 4.69) is 26.0 Å². The second kappa shape index (κ2) is 8.89. The van der Waals surface area contributed by atoms with Crippen molar-refractivity contribution >= 4 is 43.2 Å². The second-order valence-electron chi connectivity index (χ2n) is 6.73. The van der Waals surface area contributed by atoms with Gasteiger partial charge in [-0.2, -0.15) is 0 Å². The van der Waals surface area contributed by atoms with Crippen molar-refractivity contribution < 1.29 is 17.9 Å². The Kier molecular flexibility index (Phi) is 6.48. The molecule has 0 aliphatic rings. The number of ether oxygens (including phenoxy) is 1. The molecule has 0 aliphatic heterocycles. The summed E-state index contributed by atoms with van der Waals surface area (Å²) in [6.07, 6.45) is 0. The Morgan fingerprint density at radius 3 is 2.20 bits per heavy atom. The minimum Gasteiger partial charge on any atom is -0.495 e. The van der Waals surface area contributed by atoms with Crippen molar-refractivity contribution in [1.29, 1.82) is 0 Å². The fourth-order valence-corrected chi connectivity index (χ4v) is 4.30. The summed E-state index contributed by atoms with van der Waals surface area (Å²) < 4.78 is 34.5. The van der Waals surface area contributed by atoms with Gasteiger partial charge in [0.1, 0.15) is 10.6 Å². The average molecular weight is 489 g/mol. The molecule has 156 valence electrons. The maximum atomic E-state index is 12.9. The van der Waals surface area contributed by atoms with Gasteiger partial charge in [-0.25, -0.2) is 8.42 Å². The van der Waals surface area contributed by atoms with Gasteiger partial charge in [0.2, 0.25) is 0 Å². The predicted octanol–water partition coefficient (Wildman–Crippen LogP) is 5.13. The first-order valence-corrected chi connectivity index (χ1v) is 11.3. The van der Waals surface area contributed by atoms with E-state index in [1.54, 1.807) is 42.5 Å². The number of carbonyl (C=O) groups excluding carboxylic acids is 1. The van der Waals surface area contributed by atoms with Crippen LogP contribution in [0.4, 0.5) is 11.4 Å². The SMILES string of the molecule is COc1ccc(NC(=O)c2ccc(C)c(C)c2)cc1S(=O)(=O)Nc1ccc(Br)cc1. The van der Waals surface area contributed by atoms with E-state index in [1.807, 2.05) is 19.9 Å². The van der Waals surface area contributed by atoms with E-state index < -0.39 is 10.0 Å². The van der Waals surface area contributed by atoms with Gasteiger partial charge in [0, 0.05) is 21.4 Å². The molecule has 3 aromatic carbocycles. The molecule has 1 amide bonds. The van der Waals surface area contributed by atoms with Gasteiger partial charge in [-0.1, -0.05) is 22.0 Å². The fourth-order valence-electron chi connectivity index (χ4n) is 2.78. The molecule has 0 saturated heterocycles. The van der Waals surface area contributed by atoms with Crippen LogP contribution in [0.25, 0.3) is 0 Å². The predicted molar refractivity (Wildman–Crippen MR) is 122 cm³/mol. The number of rotatable bonds is 6. The lowest BCUT2D eigenvalue weighted by Gasteiger charge is -2.14. The minimum absolute atomic E-state index is 0.0780. The number of amides is 1. The Bertz CT molecular complexity index is 1190. The van der Waals surface area contributed by atoms with E-state index >= 15 is 0 Å². The summed E-state index contributed by atoms with van der Waals surface area (Å²) in [6, 6.07) is 16.6. The monoisotopic (exact) mass is 488 g/mol. The summed E-state index contributed by atoms with van der Waals surface area (Å²) in [4.78, 5) is 12.5. The van der Waals surface area contributed by atoms with Crippen molar-refractivity contribution in [1.82, 2.24) is 0 Å². The highest BCUT2D eigenvalue weighted by Gasteiger charge is 2.21. The number of benzene rings is 3. The number of sulfonamides is 1. The fraction of sp³-hybridized carbons (Fsp3) is 0.136. The van der Waals surface area contributed by atoms with Crippen LogP contribution in [0.1, 0.15) is 21.5 Å². The summed E-state index contributed by atoms with van der Waals surface area (Å²) in [5.41, 5.74) is 3.33. The number of aryl methyl sites for hydroxylation is 2. The van der Waals surface area contributed by atoms with Crippen LogP contribution in [0.3, 0.4) is 0 Å². The number of methoxy groups -OCH3 is 1. The van der Waals surface area contributed by atoms with Crippen molar-refractivity contribution in [3.8, 4) is 5.75 Å². The summed E-state index contributed by atoms with van der Waals surface area (Å²) in [5.74, 6) is -0.156. The molecule has 0 heterocycles. The average Bonchev–Trinajstić information content (AvgIpc) is 2.71. The molecule has 0 aromatic heterocycles. The lowest BCUT2D eigenvalue weighted by Crippen LogP contribution is -2.16. The highest BCUT2D eigenvalue weighted by molar-refractivity contribution is 9.10. The first-order valence-electron chi connectivity index (χ1n) is 9.04. The second-order valence-corrected chi connectivity index (χ2v) is 9.30. The minimum atomic E-state index is -3.95. The Morgan fingerprint density at radius 2 is 1.57 bits per heavy atom. The van der Waals surface area contributed by atoms with E-state index in [0.29, 0.717) is 16.9 Å². The molecule has 3 aromatic rings. The summed E-state index contributed by atoms with van der Waals surface area (Å²) >= 11 is 3.32. The molecule has 8 heteroatoms. The van der Waals surface area contributed by atoms with E-state index in [-0.39, 0.29) is 16.6 Å². The maximum absolute atomic E-state index is 12.9. The Balaban J connectivity index is 1.89. The molecule has 0 spiro atoms. The molecule has 0 unspecified atom stereocenters. The van der Waals surface area contributed by atoms with Crippen LogP contribution in [0.2, 0.25) is 0 Å². The first-order chi connectivity index (χ1) is 14.2. The molecular weight excluding hydrogens is 468 g/mol. The summed E-state index contributed by atoms with van der Waals surface area (Å²) in [5, 5.41) is 2.75. The number of hydrogen-bond donors (Lipinski definition) is 2. The molecular formula is C22H21BrN2O4S. The highest BCUT2D eigenvalue weighted by atomic mass is 79.9. The van der Waals surface area contributed by atoms with Crippen molar-refractivity contribution in [3.05, 3.63) is 81.8 Å². The smallest absolute Gasteiger partial charge is 0.265 e. The molecule has 0 aliphatic carbocycles. The van der Waals surface area contributed by atoms with Gasteiger partial charge in [-0.15, -0.1) is 0 Å². The molecule has 0 radical (unpaired) electrons. The van der Waals surface area contributed by atoms with Gasteiger partial charge >= 0.3 is 0 Å². The van der Waals surface area contributed by atoms with Crippen LogP contribution >= 0.6 is 15.9 Å². The van der Waals surface area contributed by atoms with Crippen LogP contribution in [-0.2, 0) is 10.0 Å². The van der Waals surface area contributed by atoms with Gasteiger partial charge in [-0.3, -0.25) is 9.52 Å². The van der Waals surface area contributed by atoms with E-state index in [4.69, 9.17) is 4.74 Å². The first kappa shape index (κ1) is 21.9. The van der Waals surface area contributed by atoms with Gasteiger partial charge in [0.15, 0.2) is 0 Å². The van der Waals surface area contributed by atoms with Gasteiger partial charge in [0.25, 0.3) is 15.9 Å². The zero-order chi connectivity index (χ0) is 21.9. The van der Waals surface area contributed by atoms with E-state index in [9.17, 15) is 13.2 Å². The van der Waals surface area contributed by atoms with Crippen molar-refractivity contribution in [2.24, 2.45) is 0 Å². The molecule has 0 bridgehead atoms. The van der Waals surface area contributed by atoms with Gasteiger partial charge in [0.05, 0.1) is 7.11 Å². The van der Waals surface area contributed by atoms with Crippen LogP contribution < -0.4 is 14.8 Å². The lowest BCUT2D eigenvalue weighted by atomic mass is 10.1. The van der Waals surface area contributed by atoms with Crippen LogP contribution in [-0.4, -0.2) is 21.4 Å². The molecule has 2 N–H and O–H groups in total. The standard InChI is InChI=1S/C22H21BrN2O4S/c1-14-4-5-16(12-15(14)2)22(26)24-19-10-11-20(29-3)21(13-19)30(27,28)25-18-8-6-17(23)7-9-18/h4-13,25H,1-3H3,(H,24,26). The lowest BCUT2D eigenvalue weighted by molar-refractivity contribution is 0.102. The quantitative estimate of drug-likeness (QED) is 0.503. The Morgan fingerprint density at radius 1 is 0.900 bits per heavy atom.